The number of benzene rings is 1. The van der Waals surface area contributed by atoms with Crippen LogP contribution < -0.4 is 10.6 Å². The molecule has 1 aliphatic heterocycles. The fourth-order valence-electron chi connectivity index (χ4n) is 3.13. The molecule has 1 amide bonds. The Labute approximate surface area is 180 Å². The molecule has 158 valence electrons. The first-order valence-corrected chi connectivity index (χ1v) is 10.3. The van der Waals surface area contributed by atoms with Gasteiger partial charge in [0.2, 0.25) is 0 Å². The zero-order chi connectivity index (χ0) is 21.4. The highest BCUT2D eigenvalue weighted by Crippen LogP contribution is 2.32. The molecule has 0 saturated carbocycles. The molecule has 1 heterocycles. The zero-order valence-corrected chi connectivity index (χ0v) is 18.0. The van der Waals surface area contributed by atoms with Crippen LogP contribution >= 0.6 is 23.2 Å². The molecule has 1 aromatic rings. The summed E-state index contributed by atoms with van der Waals surface area (Å²) in [6.45, 7) is 5.70. The number of carboxylic acids is 1. The van der Waals surface area contributed by atoms with Gasteiger partial charge in [-0.05, 0) is 37.1 Å². The third-order valence-corrected chi connectivity index (χ3v) is 5.51. The number of halogens is 2. The monoisotopic (exact) mass is 440 g/mol. The number of nitrogens with one attached hydrogen (secondary N) is 2. The quantitative estimate of drug-likeness (QED) is 0.443. The average molecular weight is 441 g/mol. The highest BCUT2D eigenvalue weighted by Gasteiger charge is 2.27. The van der Waals surface area contributed by atoms with Gasteiger partial charge in [-0.3, -0.25) is 4.79 Å². The topological polar surface area (TPSA) is 87.7 Å². The fourth-order valence-corrected chi connectivity index (χ4v) is 3.44. The van der Waals surface area contributed by atoms with E-state index in [2.05, 4.69) is 10.6 Å². The van der Waals surface area contributed by atoms with Crippen molar-refractivity contribution in [2.45, 2.75) is 26.4 Å². The molecule has 0 radical (unpaired) electrons. The first-order chi connectivity index (χ1) is 13.9. The Morgan fingerprint density at radius 1 is 1.34 bits per heavy atom. The van der Waals surface area contributed by atoms with Crippen LogP contribution in [0.15, 0.2) is 41.5 Å². The Bertz CT molecular complexity index is 808. The number of amides is 1. The number of hydrogen-bond donors (Lipinski definition) is 3. The maximum Gasteiger partial charge on any atom is 0.331 e. The van der Waals surface area contributed by atoms with E-state index in [9.17, 15) is 14.7 Å². The SMILES string of the molecule is CC=C(C=C(CC)C(=O)O)C(=O)NCC1CNCCOC1c1ccc(Cl)c(Cl)c1. The van der Waals surface area contributed by atoms with Crippen molar-refractivity contribution in [1.29, 1.82) is 0 Å². The minimum atomic E-state index is -1.03. The van der Waals surface area contributed by atoms with Gasteiger partial charge in [-0.15, -0.1) is 0 Å². The van der Waals surface area contributed by atoms with Crippen molar-refractivity contribution in [3.8, 4) is 0 Å². The van der Waals surface area contributed by atoms with Gasteiger partial charge in [-0.2, -0.15) is 0 Å². The molecule has 3 N–H and O–H groups in total. The minimum absolute atomic E-state index is 0.0362. The first-order valence-electron chi connectivity index (χ1n) is 9.53. The number of ether oxygens (including phenoxy) is 1. The van der Waals surface area contributed by atoms with Gasteiger partial charge >= 0.3 is 5.97 Å². The van der Waals surface area contributed by atoms with Crippen LogP contribution in [0.4, 0.5) is 0 Å². The summed E-state index contributed by atoms with van der Waals surface area (Å²) in [7, 11) is 0. The molecule has 1 fully saturated rings. The van der Waals surface area contributed by atoms with Gasteiger partial charge in [0.15, 0.2) is 0 Å². The highest BCUT2D eigenvalue weighted by molar-refractivity contribution is 6.42. The van der Waals surface area contributed by atoms with Crippen molar-refractivity contribution in [3.05, 3.63) is 57.1 Å². The van der Waals surface area contributed by atoms with E-state index in [-0.39, 0.29) is 23.5 Å². The van der Waals surface area contributed by atoms with Gasteiger partial charge in [0.1, 0.15) is 0 Å². The Hall–Kier alpha value is -1.86. The van der Waals surface area contributed by atoms with E-state index >= 15 is 0 Å². The molecule has 1 aromatic carbocycles. The number of allylic oxidation sites excluding steroid dienone is 1. The van der Waals surface area contributed by atoms with Crippen molar-refractivity contribution in [2.24, 2.45) is 5.92 Å². The molecule has 0 bridgehead atoms. The summed E-state index contributed by atoms with van der Waals surface area (Å²) < 4.78 is 6.01. The van der Waals surface area contributed by atoms with Crippen molar-refractivity contribution < 1.29 is 19.4 Å². The predicted molar refractivity (Wildman–Crippen MR) is 114 cm³/mol. The number of carbonyl (C=O) groups is 2. The number of carbonyl (C=O) groups excluding carboxylic acids is 1. The van der Waals surface area contributed by atoms with Crippen molar-refractivity contribution in [1.82, 2.24) is 10.6 Å². The zero-order valence-electron chi connectivity index (χ0n) is 16.5. The van der Waals surface area contributed by atoms with Crippen molar-refractivity contribution >= 4 is 35.1 Å². The third kappa shape index (κ3) is 6.57. The number of carboxylic acid groups (broad SMARTS) is 1. The lowest BCUT2D eigenvalue weighted by Crippen LogP contribution is -2.37. The van der Waals surface area contributed by atoms with E-state index in [1.807, 2.05) is 6.07 Å². The summed E-state index contributed by atoms with van der Waals surface area (Å²) >= 11 is 12.2. The Balaban J connectivity index is 2.13. The second-order valence-electron chi connectivity index (χ2n) is 6.71. The molecule has 0 aliphatic carbocycles. The van der Waals surface area contributed by atoms with Crippen LogP contribution in [-0.2, 0) is 14.3 Å². The highest BCUT2D eigenvalue weighted by atomic mass is 35.5. The summed E-state index contributed by atoms with van der Waals surface area (Å²) in [5.74, 6) is -1.39. The predicted octanol–water partition coefficient (Wildman–Crippen LogP) is 3.75. The summed E-state index contributed by atoms with van der Waals surface area (Å²) in [5.41, 5.74) is 1.40. The van der Waals surface area contributed by atoms with Crippen LogP contribution in [0.3, 0.4) is 0 Å². The minimum Gasteiger partial charge on any atom is -0.478 e. The van der Waals surface area contributed by atoms with Crippen molar-refractivity contribution in [2.75, 3.05) is 26.2 Å². The number of rotatable bonds is 7. The van der Waals surface area contributed by atoms with Crippen LogP contribution in [0.5, 0.6) is 0 Å². The van der Waals surface area contributed by atoms with Crippen LogP contribution in [-0.4, -0.2) is 43.2 Å². The lowest BCUT2D eigenvalue weighted by Gasteiger charge is -2.26. The van der Waals surface area contributed by atoms with Crippen LogP contribution in [0.2, 0.25) is 10.0 Å². The second-order valence-corrected chi connectivity index (χ2v) is 7.53. The van der Waals surface area contributed by atoms with Crippen LogP contribution in [0.25, 0.3) is 0 Å². The smallest absolute Gasteiger partial charge is 0.331 e. The van der Waals surface area contributed by atoms with E-state index in [1.165, 1.54) is 6.08 Å². The summed E-state index contributed by atoms with van der Waals surface area (Å²) in [4.78, 5) is 23.8. The molecule has 2 atom stereocenters. The molecule has 8 heteroatoms. The van der Waals surface area contributed by atoms with E-state index in [0.717, 1.165) is 5.56 Å². The van der Waals surface area contributed by atoms with E-state index < -0.39 is 5.97 Å². The second kappa shape index (κ2) is 11.4. The fraction of sp³-hybridized carbons (Fsp3) is 0.429. The lowest BCUT2D eigenvalue weighted by molar-refractivity contribution is -0.132. The number of hydrogen-bond acceptors (Lipinski definition) is 4. The summed E-state index contributed by atoms with van der Waals surface area (Å²) in [5, 5.41) is 16.3. The van der Waals surface area contributed by atoms with Gasteiger partial charge < -0.3 is 20.5 Å². The van der Waals surface area contributed by atoms with Crippen molar-refractivity contribution in [3.63, 3.8) is 0 Å². The van der Waals surface area contributed by atoms with E-state index in [1.54, 1.807) is 32.1 Å². The van der Waals surface area contributed by atoms with Crippen LogP contribution in [0, 0.1) is 5.92 Å². The molecule has 2 unspecified atom stereocenters. The Morgan fingerprint density at radius 3 is 2.72 bits per heavy atom. The molecule has 6 nitrogen and oxygen atoms in total. The van der Waals surface area contributed by atoms with Gasteiger partial charge in [0.25, 0.3) is 5.91 Å². The average Bonchev–Trinajstić information content (AvgIpc) is 2.94. The molecule has 0 aromatic heterocycles. The first kappa shape index (κ1) is 23.4. The maximum atomic E-state index is 12.6. The standard InChI is InChI=1S/C21H26Cl2N2O4/c1-3-13(9-14(4-2)21(27)28)20(26)25-12-16-11-24-7-8-29-19(16)15-5-6-17(22)18(23)10-15/h3,5-6,9-10,16,19,24H,4,7-8,11-12H2,1-2H3,(H,25,26)(H,27,28). The Morgan fingerprint density at radius 2 is 2.10 bits per heavy atom. The molecule has 2 rings (SSSR count). The van der Waals surface area contributed by atoms with E-state index in [4.69, 9.17) is 27.9 Å². The van der Waals surface area contributed by atoms with Gasteiger partial charge in [-0.25, -0.2) is 4.79 Å². The molecule has 0 spiro atoms. The number of aliphatic carboxylic acids is 1. The third-order valence-electron chi connectivity index (χ3n) is 4.77. The van der Waals surface area contributed by atoms with E-state index in [0.29, 0.717) is 48.3 Å². The van der Waals surface area contributed by atoms with Gasteiger partial charge in [-0.1, -0.05) is 42.3 Å². The van der Waals surface area contributed by atoms with Crippen LogP contribution in [0.1, 0.15) is 31.9 Å². The largest absolute Gasteiger partial charge is 0.478 e. The van der Waals surface area contributed by atoms with Gasteiger partial charge in [0.05, 0.1) is 22.8 Å². The molecular formula is C21H26Cl2N2O4. The lowest BCUT2D eigenvalue weighted by atomic mass is 9.95. The summed E-state index contributed by atoms with van der Waals surface area (Å²) in [6.07, 6.45) is 3.09. The Kier molecular flexibility index (Phi) is 9.17. The maximum absolute atomic E-state index is 12.6. The van der Waals surface area contributed by atoms with Gasteiger partial charge in [0, 0.05) is 36.7 Å². The molecular weight excluding hydrogens is 415 g/mol. The molecule has 1 aliphatic rings. The molecule has 1 saturated heterocycles. The normalized spacial score (nSPS) is 20.8. The summed E-state index contributed by atoms with van der Waals surface area (Å²) in [6, 6.07) is 5.39. The molecule has 29 heavy (non-hydrogen) atoms.